The van der Waals surface area contributed by atoms with E-state index in [1.165, 1.54) is 30.6 Å². The van der Waals surface area contributed by atoms with Crippen molar-refractivity contribution in [3.8, 4) is 22.9 Å². The van der Waals surface area contributed by atoms with E-state index >= 15 is 13.2 Å². The van der Waals surface area contributed by atoms with E-state index in [1.54, 1.807) is 0 Å². The number of hydrogen-bond acceptors (Lipinski definition) is 8. The number of rotatable bonds is 9. The monoisotopic (exact) mass is 657 g/mol. The van der Waals surface area contributed by atoms with E-state index in [9.17, 15) is 26.3 Å². The lowest BCUT2D eigenvalue weighted by atomic mass is 9.99. The number of aromatic nitrogens is 4. The summed E-state index contributed by atoms with van der Waals surface area (Å²) in [7, 11) is 0. The highest BCUT2D eigenvalue weighted by atomic mass is 32.2. The molecular formula is C27H22F7N7O3S. The highest BCUT2D eigenvalue weighted by Gasteiger charge is 2.34. The van der Waals surface area contributed by atoms with Crippen LogP contribution in [0.15, 0.2) is 55.0 Å². The van der Waals surface area contributed by atoms with Crippen LogP contribution in [0.3, 0.4) is 0 Å². The van der Waals surface area contributed by atoms with Crippen LogP contribution in [0, 0.1) is 17.5 Å². The molecule has 45 heavy (non-hydrogen) atoms. The topological polar surface area (TPSA) is 134 Å². The maximum absolute atomic E-state index is 15.4. The van der Waals surface area contributed by atoms with Crippen LogP contribution >= 0.6 is 0 Å². The zero-order chi connectivity index (χ0) is 32.3. The molecule has 0 radical (unpaired) electrons. The van der Waals surface area contributed by atoms with E-state index in [0.717, 1.165) is 6.07 Å². The minimum absolute atomic E-state index is 0.147. The summed E-state index contributed by atoms with van der Waals surface area (Å²) in [6.45, 7) is 0.709. The molecule has 5 rings (SSSR count). The first-order valence-corrected chi connectivity index (χ1v) is 14.2. The molecule has 1 aliphatic rings. The second kappa shape index (κ2) is 13.4. The fraction of sp³-hybridized carbons (Fsp3) is 0.259. The number of pyridine rings is 2. The molecule has 10 nitrogen and oxygen atoms in total. The number of halogens is 7. The van der Waals surface area contributed by atoms with Crippen molar-refractivity contribution in [3.05, 3.63) is 89.3 Å². The zero-order valence-corrected chi connectivity index (χ0v) is 23.5. The lowest BCUT2D eigenvalue weighted by Crippen LogP contribution is -2.44. The third-order valence-corrected chi connectivity index (χ3v) is 7.05. The molecule has 0 aliphatic carbocycles. The molecular weight excluding hydrogens is 635 g/mol. The summed E-state index contributed by atoms with van der Waals surface area (Å²) < 4.78 is 127. The number of piperidine rings is 1. The van der Waals surface area contributed by atoms with E-state index in [1.807, 2.05) is 4.72 Å². The second-order valence-electron chi connectivity index (χ2n) is 9.73. The van der Waals surface area contributed by atoms with Gasteiger partial charge < -0.3 is 15.4 Å². The molecule has 4 aromatic rings. The Morgan fingerprint density at radius 2 is 1.84 bits per heavy atom. The van der Waals surface area contributed by atoms with Crippen LogP contribution in [0.2, 0.25) is 0 Å². The first-order valence-electron chi connectivity index (χ1n) is 13.1. The summed E-state index contributed by atoms with van der Waals surface area (Å²) in [5.41, 5.74) is -2.43. The predicted octanol–water partition coefficient (Wildman–Crippen LogP) is 5.09. The molecule has 4 N–H and O–H groups in total. The fourth-order valence-corrected chi connectivity index (χ4v) is 5.05. The van der Waals surface area contributed by atoms with Crippen LogP contribution in [-0.4, -0.2) is 54.0 Å². The van der Waals surface area contributed by atoms with Crippen molar-refractivity contribution in [2.45, 2.75) is 30.9 Å². The molecule has 3 aromatic heterocycles. The molecule has 1 aliphatic heterocycles. The molecule has 2 unspecified atom stereocenters. The highest BCUT2D eigenvalue weighted by Crippen LogP contribution is 2.37. The predicted molar refractivity (Wildman–Crippen MR) is 146 cm³/mol. The van der Waals surface area contributed by atoms with Gasteiger partial charge in [0, 0.05) is 55.8 Å². The SMILES string of the molecule is O=S(O)NC(c1ccc(C(F)(F)F)nc1)c1c(F)cc(Oc2ncccc2-c2ccnc(N[C@@H]3CNC[C@@H](F)C3)n2)c(F)c1F. The van der Waals surface area contributed by atoms with Crippen LogP contribution < -0.4 is 20.1 Å². The summed E-state index contributed by atoms with van der Waals surface area (Å²) in [5.74, 6) is -6.18. The van der Waals surface area contributed by atoms with Crippen LogP contribution in [0.25, 0.3) is 11.3 Å². The minimum Gasteiger partial charge on any atom is -0.435 e. The van der Waals surface area contributed by atoms with Crippen LogP contribution in [-0.2, 0) is 17.4 Å². The van der Waals surface area contributed by atoms with E-state index in [-0.39, 0.29) is 47.7 Å². The third kappa shape index (κ3) is 7.52. The third-order valence-electron chi connectivity index (χ3n) is 6.62. The van der Waals surface area contributed by atoms with Crippen molar-refractivity contribution >= 4 is 17.2 Å². The van der Waals surface area contributed by atoms with Gasteiger partial charge in [0.15, 0.2) is 11.6 Å². The molecule has 0 saturated carbocycles. The number of benzene rings is 1. The van der Waals surface area contributed by atoms with Crippen molar-refractivity contribution in [1.82, 2.24) is 30.0 Å². The first-order chi connectivity index (χ1) is 21.4. The van der Waals surface area contributed by atoms with Crippen molar-refractivity contribution < 1.29 is 44.2 Å². The van der Waals surface area contributed by atoms with Crippen molar-refractivity contribution in [2.24, 2.45) is 0 Å². The van der Waals surface area contributed by atoms with Gasteiger partial charge in [-0.25, -0.2) is 37.1 Å². The summed E-state index contributed by atoms with van der Waals surface area (Å²) in [4.78, 5) is 15.7. The van der Waals surface area contributed by atoms with Crippen molar-refractivity contribution in [3.63, 3.8) is 0 Å². The summed E-state index contributed by atoms with van der Waals surface area (Å²) >= 11 is -2.95. The molecule has 0 spiro atoms. The van der Waals surface area contributed by atoms with Gasteiger partial charge in [-0.15, -0.1) is 0 Å². The molecule has 4 atom stereocenters. The zero-order valence-electron chi connectivity index (χ0n) is 22.7. The van der Waals surface area contributed by atoms with Crippen LogP contribution in [0.5, 0.6) is 11.6 Å². The lowest BCUT2D eigenvalue weighted by molar-refractivity contribution is -0.141. The Bertz CT molecular complexity index is 1700. The van der Waals surface area contributed by atoms with E-state index in [4.69, 9.17) is 4.74 Å². The Labute approximate surface area is 252 Å². The highest BCUT2D eigenvalue weighted by molar-refractivity contribution is 7.77. The standard InChI is InChI=1S/C27H22F7N7O3S/c28-14-8-15(12-35-11-14)39-26-37-7-5-18(40-26)16-2-1-6-36-25(16)44-19-9-17(29)21(23(31)22(19)30)24(41-45(42)43)13-3-4-20(38-10-13)27(32,33)34/h1-7,9-10,14-15,24,35,41H,8,11-12H2,(H,42,43)(H,37,39,40)/t14-,15-,24?/m0/s1. The molecule has 0 amide bonds. The van der Waals surface area contributed by atoms with E-state index in [0.29, 0.717) is 24.9 Å². The number of nitrogens with one attached hydrogen (secondary N) is 3. The molecule has 18 heteroatoms. The van der Waals surface area contributed by atoms with Crippen LogP contribution in [0.1, 0.15) is 29.3 Å². The number of hydrogen-bond donors (Lipinski definition) is 4. The normalized spacial score (nSPS) is 18.3. The molecule has 1 aromatic carbocycles. The fourth-order valence-electron chi connectivity index (χ4n) is 4.60. The van der Waals surface area contributed by atoms with E-state index < -0.39 is 64.1 Å². The van der Waals surface area contributed by atoms with Gasteiger partial charge >= 0.3 is 6.18 Å². The smallest absolute Gasteiger partial charge is 0.433 e. The molecule has 1 fully saturated rings. The van der Waals surface area contributed by atoms with Crippen molar-refractivity contribution in [2.75, 3.05) is 18.4 Å². The maximum atomic E-state index is 15.4. The first kappa shape index (κ1) is 32.1. The molecule has 238 valence electrons. The number of alkyl halides is 4. The van der Waals surface area contributed by atoms with Gasteiger partial charge in [-0.1, -0.05) is 6.07 Å². The number of anilines is 1. The van der Waals surface area contributed by atoms with Gasteiger partial charge in [0.25, 0.3) is 0 Å². The Kier molecular flexibility index (Phi) is 9.56. The number of ether oxygens (including phenoxy) is 1. The Morgan fingerprint density at radius 3 is 2.53 bits per heavy atom. The average molecular weight is 658 g/mol. The van der Waals surface area contributed by atoms with Gasteiger partial charge in [-0.3, -0.25) is 9.54 Å². The Morgan fingerprint density at radius 1 is 1.04 bits per heavy atom. The minimum atomic E-state index is -4.83. The van der Waals surface area contributed by atoms with Gasteiger partial charge in [-0.05, 0) is 29.8 Å². The van der Waals surface area contributed by atoms with Crippen LogP contribution in [0.4, 0.5) is 36.7 Å². The average Bonchev–Trinajstić information content (AvgIpc) is 2.99. The maximum Gasteiger partial charge on any atom is 0.433 e. The quantitative estimate of drug-likeness (QED) is 0.110. The molecule has 1 saturated heterocycles. The number of nitrogens with zero attached hydrogens (tertiary/aromatic N) is 4. The molecule has 4 heterocycles. The summed E-state index contributed by atoms with van der Waals surface area (Å²) in [6.07, 6.45) is -2.41. The van der Waals surface area contributed by atoms with Gasteiger partial charge in [0.05, 0.1) is 17.3 Å². The summed E-state index contributed by atoms with van der Waals surface area (Å²) in [6, 6.07) is 3.94. The summed E-state index contributed by atoms with van der Waals surface area (Å²) in [5, 5.41) is 5.96. The Balaban J connectivity index is 1.45. The van der Waals surface area contributed by atoms with Crippen molar-refractivity contribution in [1.29, 1.82) is 0 Å². The largest absolute Gasteiger partial charge is 0.435 e. The molecule has 0 bridgehead atoms. The van der Waals surface area contributed by atoms with Gasteiger partial charge in [-0.2, -0.15) is 17.6 Å². The van der Waals surface area contributed by atoms with Gasteiger partial charge in [0.2, 0.25) is 28.9 Å². The Hall–Kier alpha value is -4.26. The van der Waals surface area contributed by atoms with E-state index in [2.05, 4.69) is 30.6 Å². The van der Waals surface area contributed by atoms with Gasteiger partial charge in [0.1, 0.15) is 17.7 Å². The lowest BCUT2D eigenvalue weighted by Gasteiger charge is -2.26. The second-order valence-corrected chi connectivity index (χ2v) is 10.5.